The maximum atomic E-state index is 13.3. The molecule has 0 aromatic carbocycles. The number of amides is 3. The van der Waals surface area contributed by atoms with Gasteiger partial charge in [-0.3, -0.25) is 14.7 Å². The summed E-state index contributed by atoms with van der Waals surface area (Å²) in [5.74, 6) is 7.85. The summed E-state index contributed by atoms with van der Waals surface area (Å²) in [6, 6.07) is -1.17. The van der Waals surface area contributed by atoms with Gasteiger partial charge in [0.2, 0.25) is 5.91 Å². The van der Waals surface area contributed by atoms with Crippen molar-refractivity contribution < 1.29 is 23.9 Å². The van der Waals surface area contributed by atoms with Gasteiger partial charge in [0.05, 0.1) is 37.9 Å². The Morgan fingerprint density at radius 3 is 2.67 bits per heavy atom. The van der Waals surface area contributed by atoms with Gasteiger partial charge in [-0.1, -0.05) is 33.6 Å². The van der Waals surface area contributed by atoms with E-state index in [4.69, 9.17) is 15.2 Å². The van der Waals surface area contributed by atoms with Crippen LogP contribution in [0.3, 0.4) is 0 Å². The lowest BCUT2D eigenvalue weighted by Crippen LogP contribution is -2.54. The molecule has 0 spiro atoms. The number of H-pyrrole nitrogens is 1. The third kappa shape index (κ3) is 8.94. The number of rotatable bonds is 10. The minimum absolute atomic E-state index is 0.117. The summed E-state index contributed by atoms with van der Waals surface area (Å²) in [5, 5.41) is 6.66. The zero-order valence-electron chi connectivity index (χ0n) is 26.5. The number of imidazole rings is 1. The molecule has 12 nitrogen and oxygen atoms in total. The van der Waals surface area contributed by atoms with Gasteiger partial charge in [0.15, 0.2) is 0 Å². The normalized spacial score (nSPS) is 19.0. The second-order valence-electron chi connectivity index (χ2n) is 11.8. The van der Waals surface area contributed by atoms with Crippen LogP contribution in [0.5, 0.6) is 0 Å². The number of likely N-dealkylation sites (tertiary alicyclic amines) is 2. The molecule has 14 heteroatoms. The molecule has 4 rings (SSSR count). The van der Waals surface area contributed by atoms with E-state index < -0.39 is 12.1 Å². The minimum atomic E-state index is -0.707. The fourth-order valence-corrected chi connectivity index (χ4v) is 7.05. The summed E-state index contributed by atoms with van der Waals surface area (Å²) in [6.45, 7) is 9.37. The number of carbonyl (C=O) groups excluding carboxylic acids is 3. The highest BCUT2D eigenvalue weighted by molar-refractivity contribution is 7.99. The Balaban J connectivity index is 1.35. The molecule has 2 aliphatic heterocycles. The molecule has 2 aromatic heterocycles. The lowest BCUT2D eigenvalue weighted by Gasteiger charge is -2.30. The van der Waals surface area contributed by atoms with Gasteiger partial charge in [0.25, 0.3) is 0 Å². The summed E-state index contributed by atoms with van der Waals surface area (Å²) in [7, 11) is 1.27. The zero-order valence-corrected chi connectivity index (χ0v) is 28.1. The highest BCUT2D eigenvalue weighted by atomic mass is 32.2. The van der Waals surface area contributed by atoms with Crippen LogP contribution in [0.2, 0.25) is 0 Å². The van der Waals surface area contributed by atoms with Crippen molar-refractivity contribution in [2.75, 3.05) is 32.7 Å². The quantitative estimate of drug-likeness (QED) is 0.145. The van der Waals surface area contributed by atoms with Crippen molar-refractivity contribution in [3.05, 3.63) is 34.0 Å². The third-order valence-corrected chi connectivity index (χ3v) is 9.43. The first-order valence-corrected chi connectivity index (χ1v) is 17.2. The number of carbonyl (C=O) groups is 3. The van der Waals surface area contributed by atoms with E-state index in [9.17, 15) is 14.4 Å². The first-order chi connectivity index (χ1) is 21.6. The molecule has 4 heterocycles. The Morgan fingerprint density at radius 1 is 1.18 bits per heavy atom. The van der Waals surface area contributed by atoms with Crippen LogP contribution >= 0.6 is 23.1 Å². The number of hydrogen-bond acceptors (Lipinski definition) is 9. The van der Waals surface area contributed by atoms with Crippen LogP contribution in [-0.4, -0.2) is 88.5 Å². The predicted octanol–water partition coefficient (Wildman–Crippen LogP) is 4.58. The second kappa shape index (κ2) is 16.0. The first kappa shape index (κ1) is 34.2. The second-order valence-corrected chi connectivity index (χ2v) is 13.5. The lowest BCUT2D eigenvalue weighted by molar-refractivity contribution is -0.134. The van der Waals surface area contributed by atoms with Gasteiger partial charge in [-0.25, -0.2) is 14.6 Å². The number of nitrogens with zero attached hydrogens (tertiary/aromatic N) is 4. The first-order valence-electron chi connectivity index (χ1n) is 15.2. The van der Waals surface area contributed by atoms with Crippen LogP contribution in [-0.2, 0) is 14.3 Å². The van der Waals surface area contributed by atoms with Gasteiger partial charge in [-0.05, 0) is 43.4 Å². The van der Waals surface area contributed by atoms with Crippen molar-refractivity contribution >= 4 is 47.0 Å². The molecule has 2 aromatic rings. The van der Waals surface area contributed by atoms with E-state index in [2.05, 4.69) is 32.1 Å². The number of amidine groups is 1. The summed E-state index contributed by atoms with van der Waals surface area (Å²) in [6.07, 6.45) is 3.99. The van der Waals surface area contributed by atoms with Crippen molar-refractivity contribution in [1.29, 1.82) is 0 Å². The number of thiophene rings is 1. The number of nitrogens with two attached hydrogens (primary N) is 1. The van der Waals surface area contributed by atoms with Crippen LogP contribution in [0, 0.1) is 23.7 Å². The van der Waals surface area contributed by atoms with Gasteiger partial charge in [0.1, 0.15) is 23.4 Å². The van der Waals surface area contributed by atoms with Crippen LogP contribution in [0.1, 0.15) is 76.5 Å². The molecule has 0 saturated carbocycles. The molecular weight excluding hydrogens is 615 g/mol. The van der Waals surface area contributed by atoms with Crippen LogP contribution < -0.4 is 11.1 Å². The van der Waals surface area contributed by atoms with Gasteiger partial charge >= 0.3 is 12.2 Å². The van der Waals surface area contributed by atoms with Crippen molar-refractivity contribution in [1.82, 2.24) is 25.1 Å². The van der Waals surface area contributed by atoms with Crippen molar-refractivity contribution in [2.24, 2.45) is 22.6 Å². The Hall–Kier alpha value is -3.70. The molecule has 244 valence electrons. The molecular formula is C31H43N7O5S2. The SMILES string of the molecule is COC(=O)N[C@H](C(=O)N1CCC[C@H]1/C(N)=N/CSc1cscc1C#Cc1cnc([C@@H]2CCCN2C(=O)OCC(C)C)[nH]1)C(C)C. The van der Waals surface area contributed by atoms with Crippen LogP contribution in [0.4, 0.5) is 9.59 Å². The van der Waals surface area contributed by atoms with Crippen molar-refractivity contribution in [3.8, 4) is 11.8 Å². The summed E-state index contributed by atoms with van der Waals surface area (Å²) < 4.78 is 10.1. The topological polar surface area (TPSA) is 155 Å². The standard InChI is InChI=1S/C31H43N7O5S2/c1-19(2)15-43-31(41)38-13-7-9-24(38)28-33-14-22(35-28)11-10-21-16-44-17-25(21)45-18-34-27(32)23-8-6-12-37(23)29(39)26(20(3)4)36-30(40)42-5/h14,16-17,19-20,23-24,26H,6-9,12-13,15,18H2,1-5H3,(H2,32,34)(H,33,35)(H,36,40)/t23-,24-,26-/m0/s1. The third-order valence-electron chi connectivity index (χ3n) is 7.63. The number of nitrogens with one attached hydrogen (secondary N) is 2. The molecule has 0 aliphatic carbocycles. The smallest absolute Gasteiger partial charge is 0.410 e. The van der Waals surface area contributed by atoms with Crippen LogP contribution in [0.15, 0.2) is 26.8 Å². The van der Waals surface area contributed by atoms with Crippen molar-refractivity contribution in [3.63, 3.8) is 0 Å². The average molecular weight is 658 g/mol. The van der Waals surface area contributed by atoms with E-state index >= 15 is 0 Å². The largest absolute Gasteiger partial charge is 0.453 e. The highest BCUT2D eigenvalue weighted by Gasteiger charge is 2.37. The molecule has 0 unspecified atom stereocenters. The Kier molecular flexibility index (Phi) is 12.2. The lowest BCUT2D eigenvalue weighted by atomic mass is 10.0. The number of alkyl carbamates (subject to hydrolysis) is 1. The Labute approximate surface area is 272 Å². The highest BCUT2D eigenvalue weighted by Crippen LogP contribution is 2.31. The van der Waals surface area contributed by atoms with Gasteiger partial charge in [-0.15, -0.1) is 23.1 Å². The Bertz CT molecular complexity index is 1430. The average Bonchev–Trinajstić information content (AvgIpc) is 3.83. The number of aromatic amines is 1. The molecule has 0 radical (unpaired) electrons. The molecule has 2 aliphatic rings. The minimum Gasteiger partial charge on any atom is -0.453 e. The van der Waals surface area contributed by atoms with Gasteiger partial charge < -0.3 is 30.4 Å². The maximum absolute atomic E-state index is 13.3. The van der Waals surface area contributed by atoms with E-state index in [1.54, 1.807) is 27.3 Å². The fraction of sp³-hybridized carbons (Fsp3) is 0.581. The van der Waals surface area contributed by atoms with E-state index in [0.717, 1.165) is 29.7 Å². The predicted molar refractivity (Wildman–Crippen MR) is 175 cm³/mol. The molecule has 0 bridgehead atoms. The van der Waals surface area contributed by atoms with E-state index in [1.165, 1.54) is 18.9 Å². The van der Waals surface area contributed by atoms with Crippen LogP contribution in [0.25, 0.3) is 0 Å². The summed E-state index contributed by atoms with van der Waals surface area (Å²) in [4.78, 5) is 54.5. The number of methoxy groups -OCH3 is 1. The Morgan fingerprint density at radius 2 is 1.93 bits per heavy atom. The monoisotopic (exact) mass is 657 g/mol. The van der Waals surface area contributed by atoms with Gasteiger partial charge in [-0.2, -0.15) is 0 Å². The molecule has 2 fully saturated rings. The molecule has 3 amide bonds. The number of aromatic nitrogens is 2. The molecule has 3 atom stereocenters. The van der Waals surface area contributed by atoms with E-state index in [-0.39, 0.29) is 35.9 Å². The fourth-order valence-electron chi connectivity index (χ4n) is 5.28. The number of aliphatic imine (C=N–C) groups is 1. The number of ether oxygens (including phenoxy) is 2. The van der Waals surface area contributed by atoms with Gasteiger partial charge in [0, 0.05) is 34.3 Å². The summed E-state index contributed by atoms with van der Waals surface area (Å²) in [5.41, 5.74) is 7.94. The molecule has 4 N–H and O–H groups in total. The number of hydrogen-bond donors (Lipinski definition) is 3. The maximum Gasteiger partial charge on any atom is 0.410 e. The van der Waals surface area contributed by atoms with E-state index in [1.807, 2.05) is 38.5 Å². The molecule has 45 heavy (non-hydrogen) atoms. The van der Waals surface area contributed by atoms with Crippen molar-refractivity contribution in [2.45, 2.75) is 76.4 Å². The van der Waals surface area contributed by atoms with E-state index in [0.29, 0.717) is 49.3 Å². The zero-order chi connectivity index (χ0) is 32.5. The summed E-state index contributed by atoms with van der Waals surface area (Å²) >= 11 is 3.08. The number of thioether (sulfide) groups is 1. The molecule has 2 saturated heterocycles.